The Morgan fingerprint density at radius 1 is 1.14 bits per heavy atom. The molecule has 2 fully saturated rings. The number of carbonyl (C=O) groups is 2. The molecule has 2 atom stereocenters. The standard InChI is InChI=1S/C21H22F3N3O2/c1-20(16-9-8-14-5-2-3-6-15(14)11-16)18(28)27(19(29)25-20)13-26-10-4-7-17(12-26)21(22,23)24/h2-3,5-6,8-9,11,17H,4,7,10,12-13H2,1H3,(H,25,29)/t17-,20-/m0/s1. The average Bonchev–Trinajstić information content (AvgIpc) is 2.91. The molecule has 0 aliphatic carbocycles. The molecule has 1 N–H and O–H groups in total. The number of alkyl halides is 3. The summed E-state index contributed by atoms with van der Waals surface area (Å²) in [6.07, 6.45) is -3.81. The minimum absolute atomic E-state index is 0.0783. The van der Waals surface area contributed by atoms with Gasteiger partial charge in [0.25, 0.3) is 5.91 Å². The highest BCUT2D eigenvalue weighted by atomic mass is 19.4. The SMILES string of the molecule is C[C@@]1(c2ccc3ccccc3c2)NC(=O)N(CN2CCC[C@H](C(F)(F)F)C2)C1=O. The molecule has 29 heavy (non-hydrogen) atoms. The molecule has 2 aliphatic heterocycles. The Kier molecular flexibility index (Phi) is 4.77. The first-order chi connectivity index (χ1) is 13.7. The molecule has 3 amide bonds. The van der Waals surface area contributed by atoms with E-state index in [1.807, 2.05) is 36.4 Å². The quantitative estimate of drug-likeness (QED) is 0.790. The zero-order valence-electron chi connectivity index (χ0n) is 16.0. The number of rotatable bonds is 3. The van der Waals surface area contributed by atoms with Gasteiger partial charge in [-0.05, 0) is 48.7 Å². The monoisotopic (exact) mass is 405 g/mol. The number of benzene rings is 2. The normalized spacial score (nSPS) is 26.2. The molecular weight excluding hydrogens is 383 g/mol. The van der Waals surface area contributed by atoms with Crippen LogP contribution in [0.4, 0.5) is 18.0 Å². The summed E-state index contributed by atoms with van der Waals surface area (Å²) in [6, 6.07) is 12.6. The molecule has 2 saturated heterocycles. The highest BCUT2D eigenvalue weighted by Gasteiger charge is 2.50. The Balaban J connectivity index is 1.55. The Labute approximate surface area is 166 Å². The second kappa shape index (κ2) is 7.02. The molecular formula is C21H22F3N3O2. The molecule has 154 valence electrons. The first-order valence-corrected chi connectivity index (χ1v) is 9.61. The lowest BCUT2D eigenvalue weighted by Crippen LogP contribution is -2.48. The van der Waals surface area contributed by atoms with Gasteiger partial charge in [-0.2, -0.15) is 13.2 Å². The van der Waals surface area contributed by atoms with Crippen molar-refractivity contribution in [2.24, 2.45) is 5.92 Å². The van der Waals surface area contributed by atoms with E-state index in [0.29, 0.717) is 18.5 Å². The van der Waals surface area contributed by atoms with Gasteiger partial charge in [-0.3, -0.25) is 9.69 Å². The molecule has 0 saturated carbocycles. The van der Waals surface area contributed by atoms with Crippen molar-refractivity contribution >= 4 is 22.7 Å². The van der Waals surface area contributed by atoms with E-state index in [4.69, 9.17) is 0 Å². The third kappa shape index (κ3) is 3.57. The highest BCUT2D eigenvalue weighted by Crippen LogP contribution is 2.34. The van der Waals surface area contributed by atoms with Crippen LogP contribution in [0.1, 0.15) is 25.3 Å². The Morgan fingerprint density at radius 2 is 1.86 bits per heavy atom. The van der Waals surface area contributed by atoms with Gasteiger partial charge in [-0.15, -0.1) is 0 Å². The fraction of sp³-hybridized carbons (Fsp3) is 0.429. The molecule has 0 bridgehead atoms. The van der Waals surface area contributed by atoms with Gasteiger partial charge in [0.05, 0.1) is 12.6 Å². The summed E-state index contributed by atoms with van der Waals surface area (Å²) in [7, 11) is 0. The minimum atomic E-state index is -4.27. The summed E-state index contributed by atoms with van der Waals surface area (Å²) < 4.78 is 39.2. The maximum atomic E-state index is 13.1. The van der Waals surface area contributed by atoms with E-state index in [1.54, 1.807) is 13.0 Å². The van der Waals surface area contributed by atoms with Crippen molar-refractivity contribution < 1.29 is 22.8 Å². The second-order valence-electron chi connectivity index (χ2n) is 7.95. The molecule has 2 aromatic rings. The number of fused-ring (bicyclic) bond motifs is 1. The van der Waals surface area contributed by atoms with Crippen LogP contribution in [0.3, 0.4) is 0 Å². The molecule has 2 heterocycles. The van der Waals surface area contributed by atoms with E-state index >= 15 is 0 Å². The average molecular weight is 405 g/mol. The lowest BCUT2D eigenvalue weighted by Gasteiger charge is -2.35. The largest absolute Gasteiger partial charge is 0.393 e. The van der Waals surface area contributed by atoms with Crippen molar-refractivity contribution in [3.8, 4) is 0 Å². The van der Waals surface area contributed by atoms with Gasteiger partial charge in [0.15, 0.2) is 0 Å². The minimum Gasteiger partial charge on any atom is -0.319 e. The van der Waals surface area contributed by atoms with Crippen LogP contribution in [-0.4, -0.2) is 47.7 Å². The van der Waals surface area contributed by atoms with Gasteiger partial charge in [-0.25, -0.2) is 9.69 Å². The lowest BCUT2D eigenvalue weighted by atomic mass is 9.90. The Morgan fingerprint density at radius 3 is 2.59 bits per heavy atom. The second-order valence-corrected chi connectivity index (χ2v) is 7.95. The number of carbonyl (C=O) groups excluding carboxylic acids is 2. The summed E-state index contributed by atoms with van der Waals surface area (Å²) in [4.78, 5) is 28.2. The van der Waals surface area contributed by atoms with Crippen molar-refractivity contribution in [3.05, 3.63) is 48.0 Å². The highest BCUT2D eigenvalue weighted by molar-refractivity contribution is 6.07. The zero-order valence-corrected chi connectivity index (χ0v) is 16.0. The number of imide groups is 1. The topological polar surface area (TPSA) is 52.7 Å². The van der Waals surface area contributed by atoms with Crippen molar-refractivity contribution in [1.82, 2.24) is 15.1 Å². The third-order valence-electron chi connectivity index (χ3n) is 5.91. The number of likely N-dealkylation sites (tertiary alicyclic amines) is 1. The molecule has 2 aliphatic rings. The van der Waals surface area contributed by atoms with E-state index in [-0.39, 0.29) is 19.6 Å². The van der Waals surface area contributed by atoms with Crippen LogP contribution < -0.4 is 5.32 Å². The first-order valence-electron chi connectivity index (χ1n) is 9.61. The number of amides is 3. The third-order valence-corrected chi connectivity index (χ3v) is 5.91. The van der Waals surface area contributed by atoms with E-state index in [0.717, 1.165) is 15.7 Å². The smallest absolute Gasteiger partial charge is 0.319 e. The zero-order chi connectivity index (χ0) is 20.8. The fourth-order valence-electron chi connectivity index (χ4n) is 4.17. The molecule has 2 aromatic carbocycles. The van der Waals surface area contributed by atoms with Gasteiger partial charge >= 0.3 is 12.2 Å². The van der Waals surface area contributed by atoms with E-state index in [1.165, 1.54) is 4.90 Å². The van der Waals surface area contributed by atoms with Crippen LogP contribution in [0.2, 0.25) is 0 Å². The van der Waals surface area contributed by atoms with Crippen molar-refractivity contribution in [2.75, 3.05) is 19.8 Å². The molecule has 5 nitrogen and oxygen atoms in total. The fourth-order valence-corrected chi connectivity index (χ4v) is 4.17. The molecule has 0 aromatic heterocycles. The van der Waals surface area contributed by atoms with Gasteiger partial charge < -0.3 is 5.32 Å². The van der Waals surface area contributed by atoms with Crippen molar-refractivity contribution in [2.45, 2.75) is 31.5 Å². The van der Waals surface area contributed by atoms with E-state index in [2.05, 4.69) is 5.32 Å². The summed E-state index contributed by atoms with van der Waals surface area (Å²) in [5.41, 5.74) is -0.607. The maximum absolute atomic E-state index is 13.1. The summed E-state index contributed by atoms with van der Waals surface area (Å²) in [5, 5.41) is 4.69. The summed E-state index contributed by atoms with van der Waals surface area (Å²) >= 11 is 0. The Hall–Kier alpha value is -2.61. The van der Waals surface area contributed by atoms with Crippen LogP contribution in [0, 0.1) is 5.92 Å². The number of urea groups is 1. The number of hydrogen-bond donors (Lipinski definition) is 1. The van der Waals surface area contributed by atoms with E-state index < -0.39 is 29.6 Å². The molecule has 0 radical (unpaired) electrons. The lowest BCUT2D eigenvalue weighted by molar-refractivity contribution is -0.187. The molecule has 8 heteroatoms. The van der Waals surface area contributed by atoms with Gasteiger partial charge in [0, 0.05) is 6.54 Å². The number of piperidine rings is 1. The van der Waals surface area contributed by atoms with Gasteiger partial charge in [0.2, 0.25) is 0 Å². The van der Waals surface area contributed by atoms with Crippen LogP contribution >= 0.6 is 0 Å². The first kappa shape index (κ1) is 19.7. The predicted octanol–water partition coefficient (Wildman–Crippen LogP) is 3.84. The summed E-state index contributed by atoms with van der Waals surface area (Å²) in [6.45, 7) is 1.72. The molecule has 0 spiro atoms. The maximum Gasteiger partial charge on any atom is 0.393 e. The number of hydrogen-bond acceptors (Lipinski definition) is 3. The van der Waals surface area contributed by atoms with Gasteiger partial charge in [0.1, 0.15) is 5.54 Å². The van der Waals surface area contributed by atoms with Crippen LogP contribution in [0.15, 0.2) is 42.5 Å². The van der Waals surface area contributed by atoms with Crippen LogP contribution in [-0.2, 0) is 10.3 Å². The van der Waals surface area contributed by atoms with Crippen LogP contribution in [0.5, 0.6) is 0 Å². The number of nitrogens with one attached hydrogen (secondary N) is 1. The van der Waals surface area contributed by atoms with Gasteiger partial charge in [-0.1, -0.05) is 36.4 Å². The Bertz CT molecular complexity index is 962. The predicted molar refractivity (Wildman–Crippen MR) is 102 cm³/mol. The van der Waals surface area contributed by atoms with Crippen molar-refractivity contribution in [3.63, 3.8) is 0 Å². The summed E-state index contributed by atoms with van der Waals surface area (Å²) in [5.74, 6) is -1.88. The van der Waals surface area contributed by atoms with Crippen molar-refractivity contribution in [1.29, 1.82) is 0 Å². The molecule has 0 unspecified atom stereocenters. The van der Waals surface area contributed by atoms with E-state index in [9.17, 15) is 22.8 Å². The molecule has 4 rings (SSSR count). The number of halogens is 3. The van der Waals surface area contributed by atoms with Crippen LogP contribution in [0.25, 0.3) is 10.8 Å². The number of nitrogens with zero attached hydrogens (tertiary/aromatic N) is 2.